The normalized spacial score (nSPS) is 16.5. The quantitative estimate of drug-likeness (QED) is 0.864. The van der Waals surface area contributed by atoms with Crippen LogP contribution in [0.2, 0.25) is 0 Å². The molecule has 1 heterocycles. The third-order valence-corrected chi connectivity index (χ3v) is 3.82. The number of nitrogens with zero attached hydrogens (tertiary/aromatic N) is 2. The van der Waals surface area contributed by atoms with Crippen molar-refractivity contribution >= 4 is 11.8 Å². The highest BCUT2D eigenvalue weighted by atomic mass is 16.6. The number of benzene rings is 2. The first-order chi connectivity index (χ1) is 11.5. The van der Waals surface area contributed by atoms with Gasteiger partial charge >= 0.3 is 0 Å². The first-order valence-electron chi connectivity index (χ1n) is 7.83. The van der Waals surface area contributed by atoms with Crippen molar-refractivity contribution in [3.63, 3.8) is 0 Å². The van der Waals surface area contributed by atoms with Crippen LogP contribution in [-0.4, -0.2) is 23.4 Å². The molecular formula is C19H20N2O3. The fourth-order valence-corrected chi connectivity index (χ4v) is 2.47. The highest BCUT2D eigenvalue weighted by molar-refractivity contribution is 5.83. The van der Waals surface area contributed by atoms with E-state index in [1.54, 1.807) is 0 Å². The molecular weight excluding hydrogens is 304 g/mol. The molecule has 24 heavy (non-hydrogen) atoms. The van der Waals surface area contributed by atoms with Crippen LogP contribution in [0.15, 0.2) is 53.6 Å². The molecule has 2 aromatic rings. The van der Waals surface area contributed by atoms with E-state index < -0.39 is 6.23 Å². The van der Waals surface area contributed by atoms with Gasteiger partial charge in [-0.2, -0.15) is 5.01 Å². The zero-order chi connectivity index (χ0) is 17.1. The summed E-state index contributed by atoms with van der Waals surface area (Å²) in [5.41, 5.74) is 3.06. The average Bonchev–Trinajstić information content (AvgIpc) is 2.99. The lowest BCUT2D eigenvalue weighted by Gasteiger charge is -2.19. The SMILES string of the molecule is CC(=O)N1N=C(COc2ccccc2C)OC1c1ccc(C)cc1. The standard InChI is InChI=1S/C19H20N2O3/c1-13-8-10-16(11-9-13)19-21(15(3)22)20-18(24-19)12-23-17-7-5-4-6-14(17)2/h4-11,19H,12H2,1-3H3. The molecule has 0 radical (unpaired) electrons. The predicted octanol–water partition coefficient (Wildman–Crippen LogP) is 3.57. The minimum absolute atomic E-state index is 0.175. The molecule has 0 fully saturated rings. The number of carbonyl (C=O) groups is 1. The Labute approximate surface area is 141 Å². The van der Waals surface area contributed by atoms with E-state index >= 15 is 0 Å². The summed E-state index contributed by atoms with van der Waals surface area (Å²) in [4.78, 5) is 11.9. The molecule has 1 unspecified atom stereocenters. The Balaban J connectivity index is 1.73. The van der Waals surface area contributed by atoms with Crippen LogP contribution in [0.3, 0.4) is 0 Å². The van der Waals surface area contributed by atoms with Gasteiger partial charge in [0.15, 0.2) is 6.61 Å². The number of carbonyl (C=O) groups excluding carboxylic acids is 1. The Morgan fingerprint density at radius 1 is 1.17 bits per heavy atom. The molecule has 0 saturated carbocycles. The average molecular weight is 324 g/mol. The van der Waals surface area contributed by atoms with Crippen LogP contribution in [-0.2, 0) is 9.53 Å². The number of para-hydroxylation sites is 1. The van der Waals surface area contributed by atoms with Crippen molar-refractivity contribution in [2.24, 2.45) is 5.10 Å². The molecule has 5 heteroatoms. The Kier molecular flexibility index (Phi) is 4.51. The molecule has 0 aromatic heterocycles. The van der Waals surface area contributed by atoms with E-state index in [1.165, 1.54) is 11.9 Å². The van der Waals surface area contributed by atoms with Crippen molar-refractivity contribution < 1.29 is 14.3 Å². The van der Waals surface area contributed by atoms with Crippen molar-refractivity contribution in [1.29, 1.82) is 0 Å². The molecule has 5 nitrogen and oxygen atoms in total. The molecule has 3 rings (SSSR count). The highest BCUT2D eigenvalue weighted by Crippen LogP contribution is 2.29. The second-order valence-corrected chi connectivity index (χ2v) is 5.79. The van der Waals surface area contributed by atoms with Crippen molar-refractivity contribution in [2.75, 3.05) is 6.61 Å². The summed E-state index contributed by atoms with van der Waals surface area (Å²) in [6.45, 7) is 5.64. The van der Waals surface area contributed by atoms with E-state index in [1.807, 2.05) is 62.4 Å². The summed E-state index contributed by atoms with van der Waals surface area (Å²) in [7, 11) is 0. The number of ether oxygens (including phenoxy) is 2. The van der Waals surface area contributed by atoms with Gasteiger partial charge in [-0.25, -0.2) is 0 Å². The Bertz CT molecular complexity index is 768. The van der Waals surface area contributed by atoms with E-state index in [4.69, 9.17) is 9.47 Å². The lowest BCUT2D eigenvalue weighted by molar-refractivity contribution is -0.135. The smallest absolute Gasteiger partial charge is 0.247 e. The van der Waals surface area contributed by atoms with Crippen molar-refractivity contribution in [2.45, 2.75) is 27.0 Å². The maximum atomic E-state index is 11.9. The second-order valence-electron chi connectivity index (χ2n) is 5.79. The van der Waals surface area contributed by atoms with E-state index in [2.05, 4.69) is 5.10 Å². The molecule has 2 aromatic carbocycles. The number of hydrazone groups is 1. The monoisotopic (exact) mass is 324 g/mol. The minimum atomic E-state index is -0.543. The molecule has 1 atom stereocenters. The lowest BCUT2D eigenvalue weighted by Crippen LogP contribution is -2.25. The van der Waals surface area contributed by atoms with Crippen molar-refractivity contribution in [3.8, 4) is 5.75 Å². The largest absolute Gasteiger partial charge is 0.484 e. The molecule has 0 N–H and O–H groups in total. The number of rotatable bonds is 4. The van der Waals surface area contributed by atoms with E-state index in [0.29, 0.717) is 5.90 Å². The summed E-state index contributed by atoms with van der Waals surface area (Å²) in [5, 5.41) is 5.61. The molecule has 124 valence electrons. The van der Waals surface area contributed by atoms with Gasteiger partial charge < -0.3 is 9.47 Å². The topological polar surface area (TPSA) is 51.1 Å². The Hall–Kier alpha value is -2.82. The van der Waals surface area contributed by atoms with Crippen LogP contribution >= 0.6 is 0 Å². The van der Waals surface area contributed by atoms with Crippen molar-refractivity contribution in [1.82, 2.24) is 5.01 Å². The van der Waals surface area contributed by atoms with Crippen LogP contribution < -0.4 is 4.74 Å². The van der Waals surface area contributed by atoms with Gasteiger partial charge in [0.25, 0.3) is 0 Å². The molecule has 0 aliphatic carbocycles. The second kappa shape index (κ2) is 6.74. The van der Waals surface area contributed by atoms with Gasteiger partial charge in [0, 0.05) is 12.5 Å². The van der Waals surface area contributed by atoms with E-state index in [9.17, 15) is 4.79 Å². The maximum absolute atomic E-state index is 11.9. The molecule has 1 aliphatic heterocycles. The molecule has 0 bridgehead atoms. The number of aryl methyl sites for hydroxylation is 2. The van der Waals surface area contributed by atoms with Gasteiger partial charge in [0.05, 0.1) is 0 Å². The zero-order valence-corrected chi connectivity index (χ0v) is 14.0. The Morgan fingerprint density at radius 3 is 2.54 bits per heavy atom. The third-order valence-electron chi connectivity index (χ3n) is 3.82. The number of hydrogen-bond acceptors (Lipinski definition) is 4. The van der Waals surface area contributed by atoms with Crippen LogP contribution in [0.25, 0.3) is 0 Å². The highest BCUT2D eigenvalue weighted by Gasteiger charge is 2.32. The van der Waals surface area contributed by atoms with Gasteiger partial charge in [-0.1, -0.05) is 48.0 Å². The number of amides is 1. The summed E-state index contributed by atoms with van der Waals surface area (Å²) in [5.74, 6) is 0.988. The van der Waals surface area contributed by atoms with Crippen LogP contribution in [0.4, 0.5) is 0 Å². The molecule has 1 aliphatic rings. The minimum Gasteiger partial charge on any atom is -0.484 e. The van der Waals surface area contributed by atoms with Gasteiger partial charge in [-0.3, -0.25) is 4.79 Å². The molecule has 0 saturated heterocycles. The van der Waals surface area contributed by atoms with Crippen LogP contribution in [0.5, 0.6) is 5.75 Å². The fraction of sp³-hybridized carbons (Fsp3) is 0.263. The van der Waals surface area contributed by atoms with Crippen LogP contribution in [0.1, 0.15) is 29.8 Å². The zero-order valence-electron chi connectivity index (χ0n) is 14.0. The van der Waals surface area contributed by atoms with E-state index in [-0.39, 0.29) is 12.5 Å². The van der Waals surface area contributed by atoms with E-state index in [0.717, 1.165) is 22.4 Å². The molecule has 0 spiro atoms. The van der Waals surface area contributed by atoms with Gasteiger partial charge in [-0.15, -0.1) is 5.10 Å². The van der Waals surface area contributed by atoms with Crippen molar-refractivity contribution in [3.05, 3.63) is 65.2 Å². The van der Waals surface area contributed by atoms with Crippen LogP contribution in [0, 0.1) is 13.8 Å². The maximum Gasteiger partial charge on any atom is 0.247 e. The fourth-order valence-electron chi connectivity index (χ4n) is 2.47. The predicted molar refractivity (Wildman–Crippen MR) is 91.6 cm³/mol. The summed E-state index contributed by atoms with van der Waals surface area (Å²) < 4.78 is 11.6. The third kappa shape index (κ3) is 3.40. The molecule has 1 amide bonds. The number of hydrogen-bond donors (Lipinski definition) is 0. The first-order valence-corrected chi connectivity index (χ1v) is 7.83. The first kappa shape index (κ1) is 16.1. The Morgan fingerprint density at radius 2 is 1.88 bits per heavy atom. The van der Waals surface area contributed by atoms with Gasteiger partial charge in [0.1, 0.15) is 5.75 Å². The lowest BCUT2D eigenvalue weighted by atomic mass is 10.1. The van der Waals surface area contributed by atoms with Gasteiger partial charge in [-0.05, 0) is 25.5 Å². The summed E-state index contributed by atoms with van der Waals surface area (Å²) >= 11 is 0. The summed E-state index contributed by atoms with van der Waals surface area (Å²) in [6.07, 6.45) is -0.543. The van der Waals surface area contributed by atoms with Gasteiger partial charge in [0.2, 0.25) is 18.0 Å². The summed E-state index contributed by atoms with van der Waals surface area (Å²) in [6, 6.07) is 15.6.